The van der Waals surface area contributed by atoms with Crippen molar-refractivity contribution >= 4 is 16.7 Å². The number of ether oxygens (including phenoxy) is 5. The predicted molar refractivity (Wildman–Crippen MR) is 109 cm³/mol. The van der Waals surface area contributed by atoms with Gasteiger partial charge in [-0.05, 0) is 36.6 Å². The summed E-state index contributed by atoms with van der Waals surface area (Å²) >= 11 is 0. The number of benzene rings is 2. The molecule has 2 aromatic rings. The molecule has 2 aromatic carbocycles. The van der Waals surface area contributed by atoms with E-state index in [1.165, 1.54) is 0 Å². The standard InChI is InChI=1S/C22H28O7/c1-17(2)22(24)29-15-13-26-11-10-25-12-14-27-19-6-7-20-18(16-19)4-3-5-21(20)28-9-8-23/h3-7,16,23H,1,8-15H2,2H3. The van der Waals surface area contributed by atoms with Crippen LogP contribution in [0.3, 0.4) is 0 Å². The molecule has 0 fully saturated rings. The monoisotopic (exact) mass is 404 g/mol. The van der Waals surface area contributed by atoms with E-state index in [1.807, 2.05) is 36.4 Å². The molecule has 7 heteroatoms. The molecule has 1 N–H and O–H groups in total. The smallest absolute Gasteiger partial charge is 0.333 e. The number of aliphatic hydroxyl groups excluding tert-OH is 1. The summed E-state index contributed by atoms with van der Waals surface area (Å²) in [6, 6.07) is 11.5. The van der Waals surface area contributed by atoms with Crippen LogP contribution in [0.5, 0.6) is 11.5 Å². The van der Waals surface area contributed by atoms with E-state index in [1.54, 1.807) is 6.92 Å². The molecule has 0 bridgehead atoms. The van der Waals surface area contributed by atoms with E-state index in [9.17, 15) is 4.79 Å². The highest BCUT2D eigenvalue weighted by Crippen LogP contribution is 2.28. The highest BCUT2D eigenvalue weighted by atomic mass is 16.6. The molecule has 0 radical (unpaired) electrons. The summed E-state index contributed by atoms with van der Waals surface area (Å²) in [6.07, 6.45) is 0. The number of carbonyl (C=O) groups excluding carboxylic acids is 1. The molecule has 0 amide bonds. The second kappa shape index (κ2) is 12.8. The van der Waals surface area contributed by atoms with Crippen molar-refractivity contribution in [2.75, 3.05) is 52.9 Å². The van der Waals surface area contributed by atoms with Crippen molar-refractivity contribution in [1.82, 2.24) is 0 Å². The first-order chi connectivity index (χ1) is 14.1. The van der Waals surface area contributed by atoms with Crippen LogP contribution in [0.1, 0.15) is 6.92 Å². The van der Waals surface area contributed by atoms with E-state index in [2.05, 4.69) is 6.58 Å². The van der Waals surface area contributed by atoms with Gasteiger partial charge in [0.05, 0.1) is 33.0 Å². The quantitative estimate of drug-likeness (QED) is 0.294. The van der Waals surface area contributed by atoms with Gasteiger partial charge in [-0.25, -0.2) is 4.79 Å². The highest BCUT2D eigenvalue weighted by molar-refractivity contribution is 5.89. The van der Waals surface area contributed by atoms with Gasteiger partial charge >= 0.3 is 5.97 Å². The Bertz CT molecular complexity index is 788. The van der Waals surface area contributed by atoms with Gasteiger partial charge in [0.25, 0.3) is 0 Å². The van der Waals surface area contributed by atoms with Crippen LogP contribution in [0.25, 0.3) is 10.8 Å². The zero-order valence-corrected chi connectivity index (χ0v) is 16.7. The minimum Gasteiger partial charge on any atom is -0.491 e. The largest absolute Gasteiger partial charge is 0.491 e. The van der Waals surface area contributed by atoms with Crippen molar-refractivity contribution in [3.8, 4) is 11.5 Å². The average molecular weight is 404 g/mol. The van der Waals surface area contributed by atoms with Crippen molar-refractivity contribution in [3.63, 3.8) is 0 Å². The van der Waals surface area contributed by atoms with Crippen LogP contribution in [0.2, 0.25) is 0 Å². The van der Waals surface area contributed by atoms with Gasteiger partial charge in [0.1, 0.15) is 31.3 Å². The summed E-state index contributed by atoms with van der Waals surface area (Å²) < 4.78 is 26.9. The maximum atomic E-state index is 11.2. The van der Waals surface area contributed by atoms with E-state index in [0.29, 0.717) is 38.6 Å². The summed E-state index contributed by atoms with van der Waals surface area (Å²) in [7, 11) is 0. The fourth-order valence-corrected chi connectivity index (χ4v) is 2.46. The Labute approximate surface area is 170 Å². The fourth-order valence-electron chi connectivity index (χ4n) is 2.46. The molecule has 0 aliphatic carbocycles. The van der Waals surface area contributed by atoms with Gasteiger partial charge in [-0.2, -0.15) is 0 Å². The molecule has 158 valence electrons. The highest BCUT2D eigenvalue weighted by Gasteiger charge is 2.04. The molecule has 0 aliphatic rings. The topological polar surface area (TPSA) is 83.5 Å². The van der Waals surface area contributed by atoms with E-state index >= 15 is 0 Å². The molecule has 0 aromatic heterocycles. The molecule has 0 saturated heterocycles. The molecule has 0 saturated carbocycles. The van der Waals surface area contributed by atoms with E-state index < -0.39 is 5.97 Å². The van der Waals surface area contributed by atoms with Crippen molar-refractivity contribution in [1.29, 1.82) is 0 Å². The summed E-state index contributed by atoms with van der Waals surface area (Å²) in [4.78, 5) is 11.2. The SMILES string of the molecule is C=C(C)C(=O)OCCOCCOCCOc1ccc2c(OCCO)cccc2c1. The second-order valence-electron chi connectivity index (χ2n) is 6.20. The molecular formula is C22H28O7. The van der Waals surface area contributed by atoms with E-state index in [-0.39, 0.29) is 19.8 Å². The first kappa shape index (κ1) is 22.7. The Hall–Kier alpha value is -2.61. The van der Waals surface area contributed by atoms with Gasteiger partial charge in [-0.1, -0.05) is 18.7 Å². The van der Waals surface area contributed by atoms with Crippen LogP contribution in [-0.4, -0.2) is 63.9 Å². The zero-order valence-electron chi connectivity index (χ0n) is 16.7. The summed E-state index contributed by atoms with van der Waals surface area (Å²) in [5, 5.41) is 10.9. The first-order valence-electron chi connectivity index (χ1n) is 9.49. The van der Waals surface area contributed by atoms with Crippen LogP contribution in [-0.2, 0) is 19.0 Å². The predicted octanol–water partition coefficient (Wildman–Crippen LogP) is 2.74. The van der Waals surface area contributed by atoms with Gasteiger partial charge in [-0.15, -0.1) is 0 Å². The third-order valence-corrected chi connectivity index (χ3v) is 3.84. The lowest BCUT2D eigenvalue weighted by Gasteiger charge is -2.11. The number of hydrogen-bond acceptors (Lipinski definition) is 7. The lowest BCUT2D eigenvalue weighted by molar-refractivity contribution is -0.140. The minimum absolute atomic E-state index is 0.0227. The number of aliphatic hydroxyl groups is 1. The van der Waals surface area contributed by atoms with Crippen molar-refractivity contribution in [3.05, 3.63) is 48.6 Å². The van der Waals surface area contributed by atoms with Crippen LogP contribution >= 0.6 is 0 Å². The summed E-state index contributed by atoms with van der Waals surface area (Å²) in [5.41, 5.74) is 0.371. The zero-order chi connectivity index (χ0) is 20.9. The molecule has 0 atom stereocenters. The molecule has 0 spiro atoms. The Balaban J connectivity index is 1.60. The lowest BCUT2D eigenvalue weighted by atomic mass is 10.1. The van der Waals surface area contributed by atoms with E-state index in [4.69, 9.17) is 28.8 Å². The molecular weight excluding hydrogens is 376 g/mol. The second-order valence-corrected chi connectivity index (χ2v) is 6.20. The Kier molecular flexibility index (Phi) is 9.99. The maximum Gasteiger partial charge on any atom is 0.333 e. The molecule has 0 aliphatic heterocycles. The normalized spacial score (nSPS) is 10.7. The number of carbonyl (C=O) groups is 1. The van der Waals surface area contributed by atoms with Crippen molar-refractivity contribution < 1.29 is 33.6 Å². The Morgan fingerprint density at radius 1 is 0.931 bits per heavy atom. The number of fused-ring (bicyclic) bond motifs is 1. The Morgan fingerprint density at radius 3 is 2.38 bits per heavy atom. The van der Waals surface area contributed by atoms with Gasteiger partial charge in [-0.3, -0.25) is 0 Å². The van der Waals surface area contributed by atoms with Crippen LogP contribution in [0, 0.1) is 0 Å². The molecule has 29 heavy (non-hydrogen) atoms. The maximum absolute atomic E-state index is 11.2. The van der Waals surface area contributed by atoms with Crippen LogP contribution in [0.15, 0.2) is 48.6 Å². The fraction of sp³-hybridized carbons (Fsp3) is 0.409. The molecule has 7 nitrogen and oxygen atoms in total. The summed E-state index contributed by atoms with van der Waals surface area (Å²) in [5.74, 6) is 1.07. The van der Waals surface area contributed by atoms with Gasteiger partial charge in [0.2, 0.25) is 0 Å². The van der Waals surface area contributed by atoms with Gasteiger partial charge in [0, 0.05) is 11.0 Å². The van der Waals surface area contributed by atoms with Crippen LogP contribution < -0.4 is 9.47 Å². The number of rotatable bonds is 14. The van der Waals surface area contributed by atoms with Crippen molar-refractivity contribution in [2.45, 2.75) is 6.92 Å². The summed E-state index contributed by atoms with van der Waals surface area (Å²) in [6.45, 7) is 7.56. The molecule has 0 heterocycles. The minimum atomic E-state index is -0.412. The van der Waals surface area contributed by atoms with Crippen LogP contribution in [0.4, 0.5) is 0 Å². The third kappa shape index (κ3) is 8.11. The third-order valence-electron chi connectivity index (χ3n) is 3.84. The first-order valence-corrected chi connectivity index (χ1v) is 9.49. The average Bonchev–Trinajstić information content (AvgIpc) is 2.73. The lowest BCUT2D eigenvalue weighted by Crippen LogP contribution is -2.14. The molecule has 0 unspecified atom stereocenters. The van der Waals surface area contributed by atoms with Crippen molar-refractivity contribution in [2.24, 2.45) is 0 Å². The van der Waals surface area contributed by atoms with E-state index in [0.717, 1.165) is 22.3 Å². The van der Waals surface area contributed by atoms with Gasteiger partial charge < -0.3 is 28.8 Å². The number of esters is 1. The number of hydrogen-bond donors (Lipinski definition) is 1. The molecule has 2 rings (SSSR count). The van der Waals surface area contributed by atoms with Gasteiger partial charge in [0.15, 0.2) is 0 Å². The Morgan fingerprint density at radius 2 is 1.66 bits per heavy atom.